The maximum Gasteiger partial charge on any atom is 0.165 e. The number of rotatable bonds is 5. The van der Waals surface area contributed by atoms with E-state index in [1.165, 1.54) is 18.3 Å². The van der Waals surface area contributed by atoms with Crippen LogP contribution in [0.4, 0.5) is 4.39 Å². The van der Waals surface area contributed by atoms with Gasteiger partial charge in [-0.2, -0.15) is 0 Å². The van der Waals surface area contributed by atoms with Crippen LogP contribution in [-0.2, 0) is 0 Å². The fourth-order valence-corrected chi connectivity index (χ4v) is 4.26. The molecule has 0 spiro atoms. The van der Waals surface area contributed by atoms with E-state index >= 15 is 0 Å². The number of ether oxygens (including phenoxy) is 1. The number of aromatic nitrogens is 1. The van der Waals surface area contributed by atoms with E-state index in [1.807, 2.05) is 4.90 Å². The fourth-order valence-electron chi connectivity index (χ4n) is 4.26. The summed E-state index contributed by atoms with van der Waals surface area (Å²) in [6.45, 7) is 1.43. The lowest BCUT2D eigenvalue weighted by Crippen LogP contribution is -2.36. The summed E-state index contributed by atoms with van der Waals surface area (Å²) in [5.41, 5.74) is -0.407. The Morgan fingerprint density at radius 1 is 1.30 bits per heavy atom. The molecule has 1 saturated heterocycles. The van der Waals surface area contributed by atoms with E-state index in [9.17, 15) is 19.7 Å². The van der Waals surface area contributed by atoms with Crippen molar-refractivity contribution in [2.24, 2.45) is 5.92 Å². The highest BCUT2D eigenvalue weighted by Crippen LogP contribution is 2.43. The van der Waals surface area contributed by atoms with Gasteiger partial charge in [-0.05, 0) is 30.7 Å². The van der Waals surface area contributed by atoms with Crippen LogP contribution < -0.4 is 4.74 Å². The van der Waals surface area contributed by atoms with E-state index in [0.29, 0.717) is 38.2 Å². The Labute approximate surface area is 156 Å². The third-order valence-electron chi connectivity index (χ3n) is 5.54. The van der Waals surface area contributed by atoms with Crippen molar-refractivity contribution in [2.75, 3.05) is 19.6 Å². The van der Waals surface area contributed by atoms with E-state index in [0.717, 1.165) is 0 Å². The highest BCUT2D eigenvalue weighted by Gasteiger charge is 2.52. The molecule has 2 aromatic rings. The summed E-state index contributed by atoms with van der Waals surface area (Å²) in [5.74, 6) is -0.101. The lowest BCUT2D eigenvalue weighted by molar-refractivity contribution is 0.0174. The Morgan fingerprint density at radius 3 is 2.81 bits per heavy atom. The number of aromatic hydroxyl groups is 1. The molecule has 1 aliphatic heterocycles. The van der Waals surface area contributed by atoms with Gasteiger partial charge in [0.25, 0.3) is 0 Å². The van der Waals surface area contributed by atoms with Gasteiger partial charge in [-0.15, -0.1) is 0 Å². The maximum atomic E-state index is 13.8. The van der Waals surface area contributed by atoms with E-state index in [1.54, 1.807) is 24.3 Å². The first-order valence-corrected chi connectivity index (χ1v) is 9.12. The summed E-state index contributed by atoms with van der Waals surface area (Å²) in [6.07, 6.45) is 1.38. The van der Waals surface area contributed by atoms with E-state index in [2.05, 4.69) is 4.98 Å². The molecular weight excluding hydrogens is 351 g/mol. The van der Waals surface area contributed by atoms with Crippen molar-refractivity contribution >= 4 is 0 Å². The predicted molar refractivity (Wildman–Crippen MR) is 95.8 cm³/mol. The zero-order chi connectivity index (χ0) is 19.0. The fraction of sp³-hybridized carbons (Fsp3) is 0.450. The molecule has 4 atom stereocenters. The Bertz CT molecular complexity index is 803. The monoisotopic (exact) mass is 374 g/mol. The molecule has 0 amide bonds. The number of aliphatic hydroxyl groups excluding tert-OH is 1. The smallest absolute Gasteiger partial charge is 0.165 e. The van der Waals surface area contributed by atoms with Crippen molar-refractivity contribution in [3.63, 3.8) is 0 Å². The van der Waals surface area contributed by atoms with Gasteiger partial charge in [0, 0.05) is 32.0 Å². The van der Waals surface area contributed by atoms with Gasteiger partial charge in [-0.3, -0.25) is 9.88 Å². The van der Waals surface area contributed by atoms with Gasteiger partial charge in [-0.1, -0.05) is 12.1 Å². The standard InChI is InChI=1S/C20H23FN2O4/c21-16-3-1-2-4-19(16)27-15-7-13-10-23(12-20(13,26)8-15)11-18(25)17-6-5-14(24)9-22-17/h1-6,9,13,15,18,24-26H,7-8,10-12H2/t13-,15+,18-,20-/m1/s1. The number of hydrogen-bond donors (Lipinski definition) is 3. The van der Waals surface area contributed by atoms with Crippen LogP contribution in [0.3, 0.4) is 0 Å². The van der Waals surface area contributed by atoms with Crippen molar-refractivity contribution in [1.82, 2.24) is 9.88 Å². The summed E-state index contributed by atoms with van der Waals surface area (Å²) in [7, 11) is 0. The van der Waals surface area contributed by atoms with Gasteiger partial charge >= 0.3 is 0 Å². The Hall–Kier alpha value is -2.22. The number of aliphatic hydroxyl groups is 2. The van der Waals surface area contributed by atoms with Crippen LogP contribution in [0, 0.1) is 11.7 Å². The second kappa shape index (κ2) is 7.07. The third kappa shape index (κ3) is 3.76. The average Bonchev–Trinajstić information content (AvgIpc) is 3.07. The molecule has 1 saturated carbocycles. The highest BCUT2D eigenvalue weighted by atomic mass is 19.1. The number of para-hydroxylation sites is 1. The molecule has 2 fully saturated rings. The molecular formula is C20H23FN2O4. The van der Waals surface area contributed by atoms with Crippen LogP contribution in [0.2, 0.25) is 0 Å². The van der Waals surface area contributed by atoms with Crippen LogP contribution in [0.1, 0.15) is 24.6 Å². The SMILES string of the molecule is Oc1ccc([C@H](O)CN2C[C@H]3C[C@H](Oc4ccccc4F)C[C@@]3(O)C2)nc1. The van der Waals surface area contributed by atoms with Gasteiger partial charge < -0.3 is 20.1 Å². The minimum absolute atomic E-state index is 0.0225. The van der Waals surface area contributed by atoms with Crippen LogP contribution >= 0.6 is 0 Å². The molecule has 0 unspecified atom stereocenters. The number of hydrogen-bond acceptors (Lipinski definition) is 6. The number of pyridine rings is 1. The second-order valence-corrected chi connectivity index (χ2v) is 7.56. The van der Waals surface area contributed by atoms with Crippen molar-refractivity contribution < 1.29 is 24.4 Å². The number of fused-ring (bicyclic) bond motifs is 1. The molecule has 27 heavy (non-hydrogen) atoms. The Kier molecular flexibility index (Phi) is 4.75. The van der Waals surface area contributed by atoms with Crippen molar-refractivity contribution in [2.45, 2.75) is 30.7 Å². The number of halogens is 1. The molecule has 2 heterocycles. The molecule has 0 radical (unpaired) electrons. The molecule has 0 bridgehead atoms. The summed E-state index contributed by atoms with van der Waals surface area (Å²) < 4.78 is 19.5. The number of β-amino-alcohol motifs (C(OH)–C–C–N with tert-alkyl or cyclic N) is 2. The third-order valence-corrected chi connectivity index (χ3v) is 5.54. The first-order valence-electron chi connectivity index (χ1n) is 9.12. The van der Waals surface area contributed by atoms with Crippen LogP contribution in [0.5, 0.6) is 11.5 Å². The summed E-state index contributed by atoms with van der Waals surface area (Å²) >= 11 is 0. The van der Waals surface area contributed by atoms with E-state index in [-0.39, 0.29) is 23.5 Å². The van der Waals surface area contributed by atoms with E-state index < -0.39 is 17.5 Å². The predicted octanol–water partition coefficient (Wildman–Crippen LogP) is 1.86. The Morgan fingerprint density at radius 2 is 2.11 bits per heavy atom. The lowest BCUT2D eigenvalue weighted by Gasteiger charge is -2.24. The maximum absolute atomic E-state index is 13.8. The minimum atomic E-state index is -0.891. The minimum Gasteiger partial charge on any atom is -0.506 e. The van der Waals surface area contributed by atoms with Gasteiger partial charge in [0.1, 0.15) is 18.0 Å². The highest BCUT2D eigenvalue weighted by molar-refractivity contribution is 5.24. The molecule has 2 aliphatic rings. The quantitative estimate of drug-likeness (QED) is 0.741. The molecule has 1 aromatic carbocycles. The lowest BCUT2D eigenvalue weighted by atomic mass is 9.95. The van der Waals surface area contributed by atoms with Crippen molar-refractivity contribution in [3.8, 4) is 11.5 Å². The number of benzene rings is 1. The van der Waals surface area contributed by atoms with Crippen LogP contribution in [-0.4, -0.2) is 56.5 Å². The summed E-state index contributed by atoms with van der Waals surface area (Å²) in [4.78, 5) is 6.05. The normalized spacial score (nSPS) is 28.9. The largest absolute Gasteiger partial charge is 0.506 e. The van der Waals surface area contributed by atoms with Crippen LogP contribution in [0.25, 0.3) is 0 Å². The van der Waals surface area contributed by atoms with Gasteiger partial charge in [0.2, 0.25) is 0 Å². The van der Waals surface area contributed by atoms with E-state index in [4.69, 9.17) is 4.74 Å². The molecule has 144 valence electrons. The van der Waals surface area contributed by atoms with Crippen molar-refractivity contribution in [3.05, 3.63) is 54.1 Å². The Balaban J connectivity index is 1.35. The van der Waals surface area contributed by atoms with Gasteiger partial charge in [-0.25, -0.2) is 4.39 Å². The second-order valence-electron chi connectivity index (χ2n) is 7.56. The van der Waals surface area contributed by atoms with Crippen LogP contribution in [0.15, 0.2) is 42.6 Å². The first kappa shape index (κ1) is 18.2. The average molecular weight is 374 g/mol. The molecule has 1 aliphatic carbocycles. The molecule has 7 heteroatoms. The molecule has 1 aromatic heterocycles. The van der Waals surface area contributed by atoms with Crippen molar-refractivity contribution in [1.29, 1.82) is 0 Å². The topological polar surface area (TPSA) is 86.1 Å². The summed E-state index contributed by atoms with van der Waals surface area (Å²) in [6, 6.07) is 9.38. The van der Waals surface area contributed by atoms with Gasteiger partial charge in [0.15, 0.2) is 11.6 Å². The molecule has 4 rings (SSSR count). The summed E-state index contributed by atoms with van der Waals surface area (Å²) in [5, 5.41) is 30.6. The number of nitrogens with zero attached hydrogens (tertiary/aromatic N) is 2. The molecule has 6 nitrogen and oxygen atoms in total. The first-order chi connectivity index (χ1) is 12.9. The van der Waals surface area contributed by atoms with Gasteiger partial charge in [0.05, 0.1) is 17.5 Å². The zero-order valence-corrected chi connectivity index (χ0v) is 14.8. The zero-order valence-electron chi connectivity index (χ0n) is 14.8. The molecule has 3 N–H and O–H groups in total. The number of likely N-dealkylation sites (tertiary alicyclic amines) is 1.